The van der Waals surface area contributed by atoms with Crippen LogP contribution in [0.5, 0.6) is 0 Å². The van der Waals surface area contributed by atoms with Gasteiger partial charge < -0.3 is 5.32 Å². The maximum atomic E-state index is 12.9. The molecule has 0 aliphatic carbocycles. The second-order valence-corrected chi connectivity index (χ2v) is 5.84. The fourth-order valence-electron chi connectivity index (χ4n) is 1.90. The van der Waals surface area contributed by atoms with Crippen LogP contribution in [0.3, 0.4) is 0 Å². The van der Waals surface area contributed by atoms with Crippen molar-refractivity contribution in [3.63, 3.8) is 0 Å². The predicted molar refractivity (Wildman–Crippen MR) is 82.8 cm³/mol. The molecule has 0 saturated heterocycles. The van der Waals surface area contributed by atoms with Gasteiger partial charge >= 0.3 is 6.18 Å². The van der Waals surface area contributed by atoms with Gasteiger partial charge in [-0.3, -0.25) is 0 Å². The number of halogens is 5. The Balaban J connectivity index is 2.05. The maximum absolute atomic E-state index is 12.9. The van der Waals surface area contributed by atoms with Crippen LogP contribution >= 0.6 is 27.5 Å². The minimum absolute atomic E-state index is 0.0830. The molecule has 0 amide bonds. The number of benzene rings is 2. The normalized spacial score (nSPS) is 11.5. The third-order valence-corrected chi connectivity index (χ3v) is 3.67. The molecule has 0 saturated carbocycles. The maximum Gasteiger partial charge on any atom is 0.418 e. The van der Waals surface area contributed by atoms with Gasteiger partial charge in [0.15, 0.2) is 0 Å². The molecule has 6 heteroatoms. The lowest BCUT2D eigenvalue weighted by Gasteiger charge is -2.15. The molecule has 2 aromatic carbocycles. The lowest BCUT2D eigenvalue weighted by atomic mass is 10.1. The molecule has 0 radical (unpaired) electrons. The Kier molecular flexibility index (Phi) is 5.17. The van der Waals surface area contributed by atoms with E-state index in [1.807, 2.05) is 12.1 Å². The van der Waals surface area contributed by atoms with E-state index in [1.54, 1.807) is 18.2 Å². The smallest absolute Gasteiger partial charge is 0.384 e. The lowest BCUT2D eigenvalue weighted by Crippen LogP contribution is -2.12. The molecule has 0 aliphatic heterocycles. The van der Waals surface area contributed by atoms with Crippen LogP contribution in [0, 0.1) is 0 Å². The molecule has 0 fully saturated rings. The number of alkyl halides is 3. The van der Waals surface area contributed by atoms with Gasteiger partial charge in [-0.05, 0) is 42.3 Å². The van der Waals surface area contributed by atoms with Crippen LogP contribution in [0.15, 0.2) is 46.9 Å². The number of nitrogens with one attached hydrogen (secondary N) is 1. The largest absolute Gasteiger partial charge is 0.418 e. The molecule has 0 bridgehead atoms. The molecule has 0 unspecified atom stereocenters. The van der Waals surface area contributed by atoms with E-state index in [9.17, 15) is 13.2 Å². The highest BCUT2D eigenvalue weighted by atomic mass is 79.9. The van der Waals surface area contributed by atoms with Gasteiger partial charge in [0, 0.05) is 21.7 Å². The van der Waals surface area contributed by atoms with Crippen LogP contribution in [0.4, 0.5) is 18.9 Å². The fourth-order valence-corrected chi connectivity index (χ4v) is 2.38. The van der Waals surface area contributed by atoms with Crippen molar-refractivity contribution >= 4 is 33.2 Å². The summed E-state index contributed by atoms with van der Waals surface area (Å²) in [7, 11) is 0. The summed E-state index contributed by atoms with van der Waals surface area (Å²) in [5.74, 6) is 0. The van der Waals surface area contributed by atoms with E-state index in [0.29, 0.717) is 22.5 Å². The first-order chi connectivity index (χ1) is 9.86. The second-order valence-electron chi connectivity index (χ2n) is 4.49. The minimum Gasteiger partial charge on any atom is -0.384 e. The van der Waals surface area contributed by atoms with Gasteiger partial charge in [0.1, 0.15) is 0 Å². The first kappa shape index (κ1) is 16.2. The van der Waals surface area contributed by atoms with E-state index >= 15 is 0 Å². The molecule has 112 valence electrons. The molecule has 1 nitrogen and oxygen atoms in total. The van der Waals surface area contributed by atoms with Crippen molar-refractivity contribution in [2.45, 2.75) is 12.6 Å². The first-order valence-electron chi connectivity index (χ1n) is 6.21. The number of hydrogen-bond acceptors (Lipinski definition) is 1. The van der Waals surface area contributed by atoms with Gasteiger partial charge in [-0.1, -0.05) is 39.7 Å². The highest BCUT2D eigenvalue weighted by Gasteiger charge is 2.33. The molecule has 1 N–H and O–H groups in total. The number of anilines is 1. The van der Waals surface area contributed by atoms with Crippen molar-refractivity contribution in [2.75, 3.05) is 11.9 Å². The zero-order valence-electron chi connectivity index (χ0n) is 10.8. The molecule has 0 aliphatic rings. The summed E-state index contributed by atoms with van der Waals surface area (Å²) in [5.41, 5.74) is 0.421. The van der Waals surface area contributed by atoms with Crippen molar-refractivity contribution in [3.05, 3.63) is 63.1 Å². The van der Waals surface area contributed by atoms with E-state index < -0.39 is 11.7 Å². The van der Waals surface area contributed by atoms with Crippen molar-refractivity contribution in [1.82, 2.24) is 0 Å². The Hall–Kier alpha value is -1.20. The summed E-state index contributed by atoms with van der Waals surface area (Å²) in [4.78, 5) is 0. The van der Waals surface area contributed by atoms with E-state index in [-0.39, 0.29) is 5.69 Å². The zero-order valence-corrected chi connectivity index (χ0v) is 13.2. The van der Waals surface area contributed by atoms with E-state index in [2.05, 4.69) is 21.2 Å². The Bertz CT molecular complexity index is 611. The SMILES string of the molecule is FC(F)(F)c1cc(Br)ccc1NCCc1ccc(Cl)cc1. The summed E-state index contributed by atoms with van der Waals surface area (Å²) in [5, 5.41) is 3.47. The van der Waals surface area contributed by atoms with Gasteiger partial charge in [0.25, 0.3) is 0 Å². The van der Waals surface area contributed by atoms with Gasteiger partial charge in [0.2, 0.25) is 0 Å². The molecular formula is C15H12BrClF3N. The van der Waals surface area contributed by atoms with Crippen LogP contribution in [0.1, 0.15) is 11.1 Å². The monoisotopic (exact) mass is 377 g/mol. The molecule has 0 aromatic heterocycles. The summed E-state index contributed by atoms with van der Waals surface area (Å²) in [6.45, 7) is 0.409. The molecule has 0 spiro atoms. The van der Waals surface area contributed by atoms with Crippen molar-refractivity contribution in [1.29, 1.82) is 0 Å². The highest BCUT2D eigenvalue weighted by molar-refractivity contribution is 9.10. The van der Waals surface area contributed by atoms with Crippen LogP contribution < -0.4 is 5.32 Å². The molecule has 21 heavy (non-hydrogen) atoms. The van der Waals surface area contributed by atoms with Crippen molar-refractivity contribution < 1.29 is 13.2 Å². The Morgan fingerprint density at radius 3 is 2.33 bits per heavy atom. The topological polar surface area (TPSA) is 12.0 Å². The van der Waals surface area contributed by atoms with Crippen molar-refractivity contribution in [3.8, 4) is 0 Å². The van der Waals surface area contributed by atoms with Crippen LogP contribution in [-0.4, -0.2) is 6.54 Å². The van der Waals surface area contributed by atoms with Crippen molar-refractivity contribution in [2.24, 2.45) is 0 Å². The lowest BCUT2D eigenvalue weighted by molar-refractivity contribution is -0.137. The van der Waals surface area contributed by atoms with E-state index in [1.165, 1.54) is 6.07 Å². The molecule has 2 aromatic rings. The Morgan fingerprint density at radius 1 is 1.05 bits per heavy atom. The number of rotatable bonds is 4. The number of hydrogen-bond donors (Lipinski definition) is 1. The first-order valence-corrected chi connectivity index (χ1v) is 7.38. The van der Waals surface area contributed by atoms with Crippen LogP contribution in [0.25, 0.3) is 0 Å². The fraction of sp³-hybridized carbons (Fsp3) is 0.200. The standard InChI is InChI=1S/C15H12BrClF3N/c16-11-3-6-14(13(9-11)15(18,19)20)21-8-7-10-1-4-12(17)5-2-10/h1-6,9,21H,7-8H2. The average Bonchev–Trinajstić information content (AvgIpc) is 2.41. The van der Waals surface area contributed by atoms with E-state index in [0.717, 1.165) is 11.6 Å². The van der Waals surface area contributed by atoms with Gasteiger partial charge in [0.05, 0.1) is 5.56 Å². The second kappa shape index (κ2) is 6.71. The average molecular weight is 379 g/mol. The Labute approximate surface area is 134 Å². The third kappa shape index (κ3) is 4.64. The zero-order chi connectivity index (χ0) is 15.5. The molecule has 0 atom stereocenters. The van der Waals surface area contributed by atoms with Gasteiger partial charge in [-0.25, -0.2) is 0 Å². The molecule has 2 rings (SSSR count). The van der Waals surface area contributed by atoms with E-state index in [4.69, 9.17) is 11.6 Å². The summed E-state index contributed by atoms with van der Waals surface area (Å²) >= 11 is 8.84. The van der Waals surface area contributed by atoms with Gasteiger partial charge in [-0.2, -0.15) is 13.2 Å². The molecule has 0 heterocycles. The summed E-state index contributed by atoms with van der Waals surface area (Å²) in [6, 6.07) is 11.3. The summed E-state index contributed by atoms with van der Waals surface area (Å²) in [6.07, 6.45) is -3.77. The summed E-state index contributed by atoms with van der Waals surface area (Å²) < 4.78 is 39.2. The quantitative estimate of drug-likeness (QED) is 0.711. The van der Waals surface area contributed by atoms with Gasteiger partial charge in [-0.15, -0.1) is 0 Å². The van der Waals surface area contributed by atoms with Crippen LogP contribution in [-0.2, 0) is 12.6 Å². The van der Waals surface area contributed by atoms with Crippen LogP contribution in [0.2, 0.25) is 5.02 Å². The Morgan fingerprint density at radius 2 is 1.71 bits per heavy atom. The molecular weight excluding hydrogens is 367 g/mol. The highest BCUT2D eigenvalue weighted by Crippen LogP contribution is 2.36. The minimum atomic E-state index is -4.38. The third-order valence-electron chi connectivity index (χ3n) is 2.93. The predicted octanol–water partition coefficient (Wildman–Crippen LogP) is 5.78.